The van der Waals surface area contributed by atoms with Crippen molar-refractivity contribution in [3.05, 3.63) is 11.3 Å². The molecule has 2 atom stereocenters. The molecule has 2 aliphatic rings. The maximum Gasteiger partial charge on any atom is 0.410 e. The normalized spacial score (nSPS) is 22.8. The topological polar surface area (TPSA) is 76.9 Å². The first-order valence-electron chi connectivity index (χ1n) is 9.01. The second-order valence-electron chi connectivity index (χ2n) is 8.08. The molecule has 0 aliphatic carbocycles. The molecule has 0 radical (unpaired) electrons. The molecule has 3 rings (SSSR count). The summed E-state index contributed by atoms with van der Waals surface area (Å²) in [5.74, 6) is 0.676. The van der Waals surface area contributed by atoms with Crippen LogP contribution >= 0.6 is 0 Å². The Bertz CT molecular complexity index is 722. The van der Waals surface area contributed by atoms with E-state index in [9.17, 15) is 9.59 Å². The van der Waals surface area contributed by atoms with Crippen molar-refractivity contribution in [3.8, 4) is 5.88 Å². The summed E-state index contributed by atoms with van der Waals surface area (Å²) in [6, 6.07) is -0.146. The number of amides is 2. The van der Waals surface area contributed by atoms with Crippen molar-refractivity contribution in [2.75, 3.05) is 13.1 Å². The number of carbonyl (C=O) groups excluding carboxylic acids is 2. The lowest BCUT2D eigenvalue weighted by Gasteiger charge is -2.41. The highest BCUT2D eigenvalue weighted by molar-refractivity contribution is 5.73. The lowest BCUT2D eigenvalue weighted by Crippen LogP contribution is -2.58. The molecule has 8 nitrogen and oxygen atoms in total. The average Bonchev–Trinajstić information content (AvgIpc) is 2.69. The molecule has 1 saturated heterocycles. The van der Waals surface area contributed by atoms with Crippen molar-refractivity contribution in [1.29, 1.82) is 0 Å². The van der Waals surface area contributed by atoms with Crippen LogP contribution in [0.4, 0.5) is 4.79 Å². The SMILES string of the molecule is CC(=O)N1CC[C@@H]2[C@@H](C1)Oc1c(c(C)nn1C)CN2C(=O)OC(C)(C)C. The standard InChI is InChI=1S/C18H28N4O4/c1-11-13-9-22(17(24)26-18(3,4)5)14-7-8-21(12(2)23)10-15(14)25-16(13)20(6)19-11/h14-15H,7-10H2,1-6H3/t14-,15-/m1/s1. The number of aromatic nitrogens is 2. The molecule has 144 valence electrons. The van der Waals surface area contributed by atoms with Crippen LogP contribution in [0, 0.1) is 6.92 Å². The van der Waals surface area contributed by atoms with Crippen molar-refractivity contribution < 1.29 is 19.1 Å². The van der Waals surface area contributed by atoms with Crippen LogP contribution in [0.15, 0.2) is 0 Å². The first-order valence-corrected chi connectivity index (χ1v) is 9.01. The molecule has 2 aliphatic heterocycles. The van der Waals surface area contributed by atoms with Gasteiger partial charge in [0.15, 0.2) is 0 Å². The summed E-state index contributed by atoms with van der Waals surface area (Å²) in [5, 5.41) is 4.43. The van der Waals surface area contributed by atoms with Gasteiger partial charge in [0, 0.05) is 20.5 Å². The number of likely N-dealkylation sites (tertiary alicyclic amines) is 1. The van der Waals surface area contributed by atoms with E-state index >= 15 is 0 Å². The molecule has 3 heterocycles. The predicted molar refractivity (Wildman–Crippen MR) is 94.8 cm³/mol. The van der Waals surface area contributed by atoms with Crippen LogP contribution in [-0.4, -0.2) is 62.4 Å². The summed E-state index contributed by atoms with van der Waals surface area (Å²) in [6.45, 7) is 10.5. The third-order valence-corrected chi connectivity index (χ3v) is 4.88. The number of hydrogen-bond donors (Lipinski definition) is 0. The molecule has 1 fully saturated rings. The van der Waals surface area contributed by atoms with Gasteiger partial charge in [-0.25, -0.2) is 9.48 Å². The van der Waals surface area contributed by atoms with E-state index in [-0.39, 0.29) is 24.1 Å². The van der Waals surface area contributed by atoms with Gasteiger partial charge in [0.05, 0.1) is 30.4 Å². The largest absolute Gasteiger partial charge is 0.470 e. The van der Waals surface area contributed by atoms with Crippen LogP contribution in [0.5, 0.6) is 5.88 Å². The summed E-state index contributed by atoms with van der Waals surface area (Å²) >= 11 is 0. The van der Waals surface area contributed by atoms with E-state index in [1.807, 2.05) is 34.7 Å². The highest BCUT2D eigenvalue weighted by atomic mass is 16.6. The number of rotatable bonds is 0. The number of nitrogens with zero attached hydrogens (tertiary/aromatic N) is 4. The van der Waals surface area contributed by atoms with Gasteiger partial charge in [-0.3, -0.25) is 9.69 Å². The predicted octanol–water partition coefficient (Wildman–Crippen LogP) is 1.85. The van der Waals surface area contributed by atoms with Gasteiger partial charge in [0.2, 0.25) is 11.8 Å². The maximum atomic E-state index is 12.9. The Kier molecular flexibility index (Phi) is 4.62. The fraction of sp³-hybridized carbons (Fsp3) is 0.722. The van der Waals surface area contributed by atoms with Crippen LogP contribution in [0.25, 0.3) is 0 Å². The van der Waals surface area contributed by atoms with Gasteiger partial charge < -0.3 is 14.4 Å². The van der Waals surface area contributed by atoms with Crippen LogP contribution in [0.2, 0.25) is 0 Å². The van der Waals surface area contributed by atoms with E-state index in [0.29, 0.717) is 31.9 Å². The van der Waals surface area contributed by atoms with Gasteiger partial charge in [0.1, 0.15) is 11.7 Å². The Hall–Kier alpha value is -2.25. The van der Waals surface area contributed by atoms with Gasteiger partial charge in [0.25, 0.3) is 0 Å². The smallest absolute Gasteiger partial charge is 0.410 e. The summed E-state index contributed by atoms with van der Waals surface area (Å²) in [7, 11) is 1.83. The molecule has 0 aromatic carbocycles. The Morgan fingerprint density at radius 2 is 2.00 bits per heavy atom. The van der Waals surface area contributed by atoms with Crippen LogP contribution in [0.3, 0.4) is 0 Å². The van der Waals surface area contributed by atoms with Crippen molar-refractivity contribution in [3.63, 3.8) is 0 Å². The lowest BCUT2D eigenvalue weighted by atomic mass is 10.00. The van der Waals surface area contributed by atoms with E-state index in [4.69, 9.17) is 9.47 Å². The zero-order valence-corrected chi connectivity index (χ0v) is 16.4. The van der Waals surface area contributed by atoms with Crippen LogP contribution in [-0.2, 0) is 23.1 Å². The summed E-state index contributed by atoms with van der Waals surface area (Å²) in [4.78, 5) is 28.2. The van der Waals surface area contributed by atoms with Crippen molar-refractivity contribution in [2.24, 2.45) is 7.05 Å². The molecular formula is C18H28N4O4. The van der Waals surface area contributed by atoms with Gasteiger partial charge in [-0.1, -0.05) is 0 Å². The maximum absolute atomic E-state index is 12.9. The summed E-state index contributed by atoms with van der Waals surface area (Å²) < 4.78 is 13.6. The minimum Gasteiger partial charge on any atom is -0.470 e. The van der Waals surface area contributed by atoms with Gasteiger partial charge in [-0.2, -0.15) is 5.10 Å². The third kappa shape index (κ3) is 3.50. The van der Waals surface area contributed by atoms with E-state index < -0.39 is 5.60 Å². The van der Waals surface area contributed by atoms with Gasteiger partial charge in [-0.05, 0) is 34.1 Å². The van der Waals surface area contributed by atoms with E-state index in [2.05, 4.69) is 5.10 Å². The molecule has 8 heteroatoms. The highest BCUT2D eigenvalue weighted by Gasteiger charge is 2.43. The minimum atomic E-state index is -0.577. The number of carbonyl (C=O) groups is 2. The number of ether oxygens (including phenoxy) is 2. The molecule has 0 spiro atoms. The molecule has 0 N–H and O–H groups in total. The second kappa shape index (κ2) is 6.48. The Labute approximate surface area is 154 Å². The summed E-state index contributed by atoms with van der Waals surface area (Å²) in [6.07, 6.45) is -0.0102. The molecule has 1 aromatic heterocycles. The second-order valence-corrected chi connectivity index (χ2v) is 8.08. The molecular weight excluding hydrogens is 336 g/mol. The fourth-order valence-electron chi connectivity index (χ4n) is 3.62. The van der Waals surface area contributed by atoms with Crippen LogP contribution in [0.1, 0.15) is 45.4 Å². The highest BCUT2D eigenvalue weighted by Crippen LogP contribution is 2.33. The van der Waals surface area contributed by atoms with E-state index in [0.717, 1.165) is 11.3 Å². The lowest BCUT2D eigenvalue weighted by molar-refractivity contribution is -0.132. The van der Waals surface area contributed by atoms with Crippen LogP contribution < -0.4 is 4.74 Å². The van der Waals surface area contributed by atoms with Crippen molar-refractivity contribution >= 4 is 12.0 Å². The number of aryl methyl sites for hydroxylation is 2. The minimum absolute atomic E-state index is 0.0153. The quantitative estimate of drug-likeness (QED) is 0.702. The zero-order valence-electron chi connectivity index (χ0n) is 16.4. The Morgan fingerprint density at radius 1 is 1.31 bits per heavy atom. The molecule has 0 bridgehead atoms. The Morgan fingerprint density at radius 3 is 2.62 bits per heavy atom. The number of hydrogen-bond acceptors (Lipinski definition) is 5. The van der Waals surface area contributed by atoms with E-state index in [1.54, 1.807) is 21.4 Å². The zero-order chi connectivity index (χ0) is 19.2. The first-order chi connectivity index (χ1) is 12.1. The van der Waals surface area contributed by atoms with Crippen molar-refractivity contribution in [2.45, 2.75) is 65.3 Å². The molecule has 26 heavy (non-hydrogen) atoms. The van der Waals surface area contributed by atoms with Gasteiger partial charge >= 0.3 is 6.09 Å². The molecule has 2 amide bonds. The Balaban J connectivity index is 1.96. The van der Waals surface area contributed by atoms with E-state index in [1.165, 1.54) is 0 Å². The summed E-state index contributed by atoms with van der Waals surface area (Å²) in [5.41, 5.74) is 1.15. The monoisotopic (exact) mass is 364 g/mol. The van der Waals surface area contributed by atoms with Crippen molar-refractivity contribution in [1.82, 2.24) is 19.6 Å². The number of fused-ring (bicyclic) bond motifs is 2. The fourth-order valence-corrected chi connectivity index (χ4v) is 3.62. The third-order valence-electron chi connectivity index (χ3n) is 4.88. The first kappa shape index (κ1) is 18.5. The molecule has 1 aromatic rings. The van der Waals surface area contributed by atoms with Gasteiger partial charge in [-0.15, -0.1) is 0 Å². The number of piperidine rings is 1. The molecule has 0 saturated carbocycles. The molecule has 0 unspecified atom stereocenters. The average molecular weight is 364 g/mol.